The Labute approximate surface area is 107 Å². The third kappa shape index (κ3) is 2.54. The molecule has 2 aromatic rings. The molecule has 0 spiro atoms. The summed E-state index contributed by atoms with van der Waals surface area (Å²) in [5.74, 6) is 0. The highest BCUT2D eigenvalue weighted by molar-refractivity contribution is 6.47. The zero-order valence-corrected chi connectivity index (χ0v) is 11.2. The molecule has 0 unspecified atom stereocenters. The van der Waals surface area contributed by atoms with Crippen LogP contribution in [-0.2, 0) is 4.65 Å². The van der Waals surface area contributed by atoms with E-state index in [2.05, 4.69) is 15.2 Å². The summed E-state index contributed by atoms with van der Waals surface area (Å²) in [5.41, 5.74) is 0.195. The van der Waals surface area contributed by atoms with Crippen LogP contribution < -0.4 is 5.46 Å². The molecule has 2 heterocycles. The van der Waals surface area contributed by atoms with E-state index < -0.39 is 11.2 Å². The average Bonchev–Trinajstić information content (AvgIpc) is 2.71. The number of nitrogens with zero attached hydrogens (tertiary/aromatic N) is 2. The number of rotatable bonds is 4. The zero-order chi connectivity index (χ0) is 13.4. The summed E-state index contributed by atoms with van der Waals surface area (Å²) in [7, 11) is 0.408. The summed E-state index contributed by atoms with van der Waals surface area (Å²) >= 11 is 0. The lowest BCUT2D eigenvalue weighted by Crippen LogP contribution is -2.49. The first-order valence-corrected chi connectivity index (χ1v) is 5.94. The first-order chi connectivity index (χ1) is 8.29. The minimum atomic E-state index is -0.903. The summed E-state index contributed by atoms with van der Waals surface area (Å²) in [6, 6.07) is 1.98. The Balaban J connectivity index is 2.10. The first kappa shape index (κ1) is 13.0. The number of aliphatic hydroxyl groups is 1. The van der Waals surface area contributed by atoms with Gasteiger partial charge in [0.15, 0.2) is 5.65 Å². The fourth-order valence-corrected chi connectivity index (χ4v) is 1.40. The number of nitrogens with one attached hydrogen (secondary N) is 1. The van der Waals surface area contributed by atoms with Gasteiger partial charge in [0.1, 0.15) is 0 Å². The molecule has 5 nitrogen and oxygen atoms in total. The van der Waals surface area contributed by atoms with Gasteiger partial charge in [-0.2, -0.15) is 5.10 Å². The molecule has 0 aliphatic heterocycles. The molecule has 2 rings (SSSR count). The summed E-state index contributed by atoms with van der Waals surface area (Å²) in [4.78, 5) is 4.24. The molecule has 2 N–H and O–H groups in total. The normalized spacial score (nSPS) is 12.9. The second kappa shape index (κ2) is 4.37. The van der Waals surface area contributed by atoms with Crippen molar-refractivity contribution in [1.82, 2.24) is 15.2 Å². The number of hydrogen-bond acceptors (Lipinski definition) is 4. The smallest absolute Gasteiger partial charge is 0.311 e. The van der Waals surface area contributed by atoms with E-state index >= 15 is 0 Å². The third-order valence-corrected chi connectivity index (χ3v) is 3.42. The molecule has 0 aromatic carbocycles. The Morgan fingerprint density at radius 1 is 1.28 bits per heavy atom. The van der Waals surface area contributed by atoms with Crippen LogP contribution in [0.3, 0.4) is 0 Å². The molecule has 0 fully saturated rings. The molecule has 0 amide bonds. The van der Waals surface area contributed by atoms with Crippen LogP contribution in [0.5, 0.6) is 0 Å². The van der Waals surface area contributed by atoms with Gasteiger partial charge in [-0.15, -0.1) is 0 Å². The molecule has 0 saturated heterocycles. The van der Waals surface area contributed by atoms with E-state index in [1.807, 2.05) is 19.9 Å². The Hall–Kier alpha value is -1.40. The maximum absolute atomic E-state index is 10.0. The van der Waals surface area contributed by atoms with Crippen molar-refractivity contribution in [3.63, 3.8) is 0 Å². The molecule has 0 aliphatic carbocycles. The molecule has 18 heavy (non-hydrogen) atoms. The van der Waals surface area contributed by atoms with E-state index in [1.54, 1.807) is 26.2 Å². The largest absolute Gasteiger partial charge is 0.427 e. The van der Waals surface area contributed by atoms with Crippen molar-refractivity contribution in [2.24, 2.45) is 0 Å². The predicted octanol–water partition coefficient (Wildman–Crippen LogP) is 0.501. The fourth-order valence-electron chi connectivity index (χ4n) is 1.40. The number of pyridine rings is 1. The molecular weight excluding hydrogens is 229 g/mol. The number of aromatic amines is 1. The van der Waals surface area contributed by atoms with Gasteiger partial charge in [-0.05, 0) is 33.2 Å². The Bertz CT molecular complexity index is 545. The molecule has 0 radical (unpaired) electrons. The van der Waals surface area contributed by atoms with Crippen molar-refractivity contribution in [1.29, 1.82) is 0 Å². The van der Waals surface area contributed by atoms with E-state index in [1.165, 1.54) is 0 Å². The second-order valence-electron chi connectivity index (χ2n) is 5.51. The van der Waals surface area contributed by atoms with Crippen LogP contribution >= 0.6 is 0 Å². The van der Waals surface area contributed by atoms with Gasteiger partial charge in [-0.25, -0.2) is 4.98 Å². The first-order valence-electron chi connectivity index (χ1n) is 5.94. The van der Waals surface area contributed by atoms with Crippen LogP contribution in [0, 0.1) is 0 Å². The van der Waals surface area contributed by atoms with Gasteiger partial charge in [-0.1, -0.05) is 6.07 Å². The standard InChI is InChI=1S/C12H18BN3O2/c1-11(2,17)12(3,4)18-13-9-5-8-6-15-16-10(8)14-7-9/h5-7,13,17H,1-4H3,(H,14,15,16). The minimum absolute atomic E-state index is 0.408. The van der Waals surface area contributed by atoms with Crippen LogP contribution in [0.15, 0.2) is 18.5 Å². The van der Waals surface area contributed by atoms with E-state index in [0.717, 1.165) is 16.5 Å². The average molecular weight is 247 g/mol. The van der Waals surface area contributed by atoms with E-state index in [9.17, 15) is 5.11 Å². The lowest BCUT2D eigenvalue weighted by Gasteiger charge is -2.37. The highest BCUT2D eigenvalue weighted by Gasteiger charge is 2.35. The van der Waals surface area contributed by atoms with Crippen molar-refractivity contribution in [2.45, 2.75) is 38.9 Å². The molecule has 2 aromatic heterocycles. The minimum Gasteiger partial charge on any atom is -0.427 e. The highest BCUT2D eigenvalue weighted by atomic mass is 16.5. The van der Waals surface area contributed by atoms with Gasteiger partial charge >= 0.3 is 7.48 Å². The van der Waals surface area contributed by atoms with Crippen molar-refractivity contribution < 1.29 is 9.76 Å². The molecule has 0 bridgehead atoms. The summed E-state index contributed by atoms with van der Waals surface area (Å²) in [6.07, 6.45) is 3.48. The van der Waals surface area contributed by atoms with Crippen molar-refractivity contribution in [3.05, 3.63) is 18.5 Å². The SMILES string of the molecule is CC(C)(O)C(C)(C)OBc1cnc2[nH]ncc2c1. The second-order valence-corrected chi connectivity index (χ2v) is 5.51. The van der Waals surface area contributed by atoms with E-state index in [-0.39, 0.29) is 0 Å². The molecule has 0 aliphatic rings. The van der Waals surface area contributed by atoms with E-state index in [4.69, 9.17) is 4.65 Å². The van der Waals surface area contributed by atoms with Crippen molar-refractivity contribution >= 4 is 24.0 Å². The summed E-state index contributed by atoms with van der Waals surface area (Å²) in [6.45, 7) is 7.22. The number of hydrogen-bond donors (Lipinski definition) is 2. The number of H-pyrrole nitrogens is 1. The predicted molar refractivity (Wildman–Crippen MR) is 72.1 cm³/mol. The Kier molecular flexibility index (Phi) is 3.17. The van der Waals surface area contributed by atoms with Crippen LogP contribution in [0.4, 0.5) is 0 Å². The monoisotopic (exact) mass is 247 g/mol. The zero-order valence-electron chi connectivity index (χ0n) is 11.2. The maximum Gasteiger partial charge on any atom is 0.311 e. The maximum atomic E-state index is 10.0. The van der Waals surface area contributed by atoms with E-state index in [0.29, 0.717) is 7.48 Å². The van der Waals surface area contributed by atoms with Crippen LogP contribution in [0.2, 0.25) is 0 Å². The van der Waals surface area contributed by atoms with Gasteiger partial charge in [0.25, 0.3) is 0 Å². The van der Waals surface area contributed by atoms with Crippen LogP contribution in [-0.4, -0.2) is 39.0 Å². The topological polar surface area (TPSA) is 71.0 Å². The molecule has 96 valence electrons. The lowest BCUT2D eigenvalue weighted by atomic mass is 9.83. The molecule has 0 saturated carbocycles. The third-order valence-electron chi connectivity index (χ3n) is 3.42. The molecule has 0 atom stereocenters. The van der Waals surface area contributed by atoms with Crippen molar-refractivity contribution in [3.8, 4) is 0 Å². The van der Waals surface area contributed by atoms with Gasteiger partial charge in [0.2, 0.25) is 0 Å². The van der Waals surface area contributed by atoms with Crippen LogP contribution in [0.1, 0.15) is 27.7 Å². The van der Waals surface area contributed by atoms with Gasteiger partial charge in [0, 0.05) is 11.6 Å². The lowest BCUT2D eigenvalue weighted by molar-refractivity contribution is -0.0893. The van der Waals surface area contributed by atoms with Gasteiger partial charge in [-0.3, -0.25) is 5.10 Å². The molecule has 6 heteroatoms. The number of aromatic nitrogens is 3. The summed E-state index contributed by atoms with van der Waals surface area (Å²) in [5, 5.41) is 17.7. The van der Waals surface area contributed by atoms with Crippen molar-refractivity contribution in [2.75, 3.05) is 0 Å². The summed E-state index contributed by atoms with van der Waals surface area (Å²) < 4.78 is 5.78. The fraction of sp³-hybridized carbons (Fsp3) is 0.500. The number of fused-ring (bicyclic) bond motifs is 1. The van der Waals surface area contributed by atoms with Crippen LogP contribution in [0.25, 0.3) is 11.0 Å². The Morgan fingerprint density at radius 2 is 2.00 bits per heavy atom. The van der Waals surface area contributed by atoms with Gasteiger partial charge in [0.05, 0.1) is 17.4 Å². The quantitative estimate of drug-likeness (QED) is 0.772. The van der Waals surface area contributed by atoms with Gasteiger partial charge < -0.3 is 9.76 Å². The Morgan fingerprint density at radius 3 is 2.67 bits per heavy atom. The molecular formula is C12H18BN3O2. The highest BCUT2D eigenvalue weighted by Crippen LogP contribution is 2.24.